The van der Waals surface area contributed by atoms with Crippen molar-refractivity contribution >= 4 is 43.7 Å². The molecule has 47 heavy (non-hydrogen) atoms. The van der Waals surface area contributed by atoms with Crippen LogP contribution in [0.25, 0.3) is 83.6 Å². The number of benzene rings is 6. The Balaban J connectivity index is 1.29. The van der Waals surface area contributed by atoms with Crippen LogP contribution in [0.4, 0.5) is 0 Å². The highest BCUT2D eigenvalue weighted by atomic mass is 16.3. The molecule has 3 heterocycles. The lowest BCUT2D eigenvalue weighted by Crippen LogP contribution is -2.15. The Kier molecular flexibility index (Phi) is 5.28. The lowest BCUT2D eigenvalue weighted by atomic mass is 9.82. The first kappa shape index (κ1) is 26.2. The van der Waals surface area contributed by atoms with Crippen molar-refractivity contribution < 1.29 is 4.42 Å². The van der Waals surface area contributed by atoms with Gasteiger partial charge in [0.15, 0.2) is 11.6 Å². The molecule has 9 aromatic rings. The Morgan fingerprint density at radius 3 is 2.11 bits per heavy atom. The maximum atomic E-state index is 6.45. The molecule has 0 spiro atoms. The van der Waals surface area contributed by atoms with Gasteiger partial charge in [0, 0.05) is 32.5 Å². The minimum Gasteiger partial charge on any atom is -0.455 e. The monoisotopic (exact) mass is 604 g/mol. The molecule has 10 rings (SSSR count). The third kappa shape index (κ3) is 3.68. The second-order valence-corrected chi connectivity index (χ2v) is 12.9. The van der Waals surface area contributed by atoms with Gasteiger partial charge in [-0.3, -0.25) is 4.57 Å². The van der Waals surface area contributed by atoms with Gasteiger partial charge >= 0.3 is 0 Å². The number of para-hydroxylation sites is 3. The zero-order valence-electron chi connectivity index (χ0n) is 25.9. The molecular formula is C42H28N4O. The molecule has 222 valence electrons. The van der Waals surface area contributed by atoms with Gasteiger partial charge in [-0.05, 0) is 52.6 Å². The van der Waals surface area contributed by atoms with Crippen molar-refractivity contribution in [3.63, 3.8) is 0 Å². The summed E-state index contributed by atoms with van der Waals surface area (Å²) in [4.78, 5) is 15.5. The van der Waals surface area contributed by atoms with Crippen molar-refractivity contribution in [2.45, 2.75) is 19.3 Å². The van der Waals surface area contributed by atoms with E-state index in [-0.39, 0.29) is 5.41 Å². The fraction of sp³-hybridized carbons (Fsp3) is 0.0714. The molecular weight excluding hydrogens is 576 g/mol. The first-order chi connectivity index (χ1) is 23.1. The Labute approximate surface area is 270 Å². The molecule has 0 saturated carbocycles. The summed E-state index contributed by atoms with van der Waals surface area (Å²) in [6.45, 7) is 4.64. The van der Waals surface area contributed by atoms with E-state index in [9.17, 15) is 0 Å². The van der Waals surface area contributed by atoms with Crippen molar-refractivity contribution in [1.82, 2.24) is 19.5 Å². The van der Waals surface area contributed by atoms with Crippen LogP contribution in [-0.2, 0) is 5.41 Å². The van der Waals surface area contributed by atoms with Gasteiger partial charge in [-0.1, -0.05) is 117 Å². The molecule has 6 aromatic carbocycles. The molecule has 0 N–H and O–H groups in total. The number of hydrogen-bond acceptors (Lipinski definition) is 4. The minimum absolute atomic E-state index is 0.141. The van der Waals surface area contributed by atoms with E-state index in [1.54, 1.807) is 0 Å². The molecule has 0 unspecified atom stereocenters. The number of furan rings is 1. The predicted octanol–water partition coefficient (Wildman–Crippen LogP) is 10.5. The van der Waals surface area contributed by atoms with E-state index in [2.05, 4.69) is 97.3 Å². The third-order valence-electron chi connectivity index (χ3n) is 9.88. The maximum absolute atomic E-state index is 6.45. The molecule has 1 aliphatic rings. The van der Waals surface area contributed by atoms with Gasteiger partial charge in [0.25, 0.3) is 0 Å². The lowest BCUT2D eigenvalue weighted by molar-refractivity contribution is 0.661. The van der Waals surface area contributed by atoms with Crippen LogP contribution in [0.1, 0.15) is 25.0 Å². The highest BCUT2D eigenvalue weighted by Crippen LogP contribution is 2.51. The molecule has 5 heteroatoms. The zero-order chi connectivity index (χ0) is 31.3. The molecule has 5 nitrogen and oxygen atoms in total. The average molecular weight is 605 g/mol. The van der Waals surface area contributed by atoms with Crippen LogP contribution in [-0.4, -0.2) is 19.5 Å². The standard InChI is InChI=1S/C42H28N4O/c1-42(2)33-20-9-6-15-26(33)31-23-32-27-16-7-10-21-35(27)46(36(32)24-34(31)42)41-44-39(25-13-4-3-5-14-25)43-40(45-41)30-19-12-18-29-28-17-8-11-22-37(28)47-38(29)30/h3-24H,1-2H3. The van der Waals surface area contributed by atoms with E-state index in [1.807, 2.05) is 54.6 Å². The summed E-state index contributed by atoms with van der Waals surface area (Å²) in [5.74, 6) is 1.75. The minimum atomic E-state index is -0.141. The van der Waals surface area contributed by atoms with Gasteiger partial charge < -0.3 is 4.42 Å². The largest absolute Gasteiger partial charge is 0.455 e. The highest BCUT2D eigenvalue weighted by Gasteiger charge is 2.36. The van der Waals surface area contributed by atoms with E-state index in [4.69, 9.17) is 19.4 Å². The third-order valence-corrected chi connectivity index (χ3v) is 9.88. The molecule has 0 fully saturated rings. The van der Waals surface area contributed by atoms with E-state index < -0.39 is 0 Å². The topological polar surface area (TPSA) is 56.7 Å². The second-order valence-electron chi connectivity index (χ2n) is 12.9. The van der Waals surface area contributed by atoms with Gasteiger partial charge in [0.05, 0.1) is 16.6 Å². The Hall–Kier alpha value is -6.07. The van der Waals surface area contributed by atoms with Crippen LogP contribution in [0.5, 0.6) is 0 Å². The van der Waals surface area contributed by atoms with Crippen LogP contribution >= 0.6 is 0 Å². The SMILES string of the molecule is CC1(C)c2ccccc2-c2cc3c4ccccc4n(-c4nc(-c5ccccc5)nc(-c5cccc6c5oc5ccccc56)n4)c3cc21. The van der Waals surface area contributed by atoms with Crippen LogP contribution in [0.2, 0.25) is 0 Å². The molecule has 0 amide bonds. The Morgan fingerprint density at radius 2 is 1.21 bits per heavy atom. The maximum Gasteiger partial charge on any atom is 0.238 e. The van der Waals surface area contributed by atoms with E-state index >= 15 is 0 Å². The van der Waals surface area contributed by atoms with Gasteiger partial charge in [0.1, 0.15) is 11.2 Å². The molecule has 0 aliphatic heterocycles. The summed E-state index contributed by atoms with van der Waals surface area (Å²) < 4.78 is 8.66. The van der Waals surface area contributed by atoms with Crippen LogP contribution in [0.3, 0.4) is 0 Å². The van der Waals surface area contributed by atoms with E-state index in [0.29, 0.717) is 17.6 Å². The summed E-state index contributed by atoms with van der Waals surface area (Å²) in [5.41, 5.74) is 10.6. The van der Waals surface area contributed by atoms with Crippen molar-refractivity contribution in [3.8, 4) is 39.9 Å². The fourth-order valence-electron chi connectivity index (χ4n) is 7.60. The van der Waals surface area contributed by atoms with Gasteiger partial charge in [-0.2, -0.15) is 9.97 Å². The average Bonchev–Trinajstić information content (AvgIpc) is 3.73. The molecule has 0 bridgehead atoms. The van der Waals surface area contributed by atoms with Gasteiger partial charge in [0.2, 0.25) is 5.95 Å². The summed E-state index contributed by atoms with van der Waals surface area (Å²) in [5, 5.41) is 4.45. The van der Waals surface area contributed by atoms with Crippen molar-refractivity contribution in [3.05, 3.63) is 145 Å². The number of aromatic nitrogens is 4. The fourth-order valence-corrected chi connectivity index (χ4v) is 7.60. The smallest absolute Gasteiger partial charge is 0.238 e. The van der Waals surface area contributed by atoms with Crippen LogP contribution in [0, 0.1) is 0 Å². The van der Waals surface area contributed by atoms with E-state index in [0.717, 1.165) is 49.5 Å². The molecule has 3 aromatic heterocycles. The summed E-state index contributed by atoms with van der Waals surface area (Å²) in [7, 11) is 0. The van der Waals surface area contributed by atoms with Crippen LogP contribution in [0.15, 0.2) is 138 Å². The molecule has 1 aliphatic carbocycles. The number of nitrogens with zero attached hydrogens (tertiary/aromatic N) is 4. The summed E-state index contributed by atoms with van der Waals surface area (Å²) >= 11 is 0. The quantitative estimate of drug-likeness (QED) is 0.201. The first-order valence-corrected chi connectivity index (χ1v) is 16.0. The normalized spacial score (nSPS) is 13.5. The predicted molar refractivity (Wildman–Crippen MR) is 190 cm³/mol. The molecule has 0 radical (unpaired) electrons. The first-order valence-electron chi connectivity index (χ1n) is 16.0. The van der Waals surface area contributed by atoms with Crippen molar-refractivity contribution in [2.75, 3.05) is 0 Å². The summed E-state index contributed by atoms with van der Waals surface area (Å²) in [6.07, 6.45) is 0. The van der Waals surface area contributed by atoms with E-state index in [1.165, 1.54) is 27.6 Å². The Morgan fingerprint density at radius 1 is 0.511 bits per heavy atom. The number of fused-ring (bicyclic) bond motifs is 9. The lowest BCUT2D eigenvalue weighted by Gasteiger charge is -2.21. The van der Waals surface area contributed by atoms with Crippen molar-refractivity contribution in [2.24, 2.45) is 0 Å². The number of hydrogen-bond donors (Lipinski definition) is 0. The van der Waals surface area contributed by atoms with Crippen molar-refractivity contribution in [1.29, 1.82) is 0 Å². The number of rotatable bonds is 3. The van der Waals surface area contributed by atoms with Gasteiger partial charge in [-0.15, -0.1) is 0 Å². The van der Waals surface area contributed by atoms with Crippen LogP contribution < -0.4 is 0 Å². The highest BCUT2D eigenvalue weighted by molar-refractivity contribution is 6.12. The summed E-state index contributed by atoms with van der Waals surface area (Å²) in [6, 6.07) is 46.5. The second kappa shape index (κ2) is 9.47. The zero-order valence-corrected chi connectivity index (χ0v) is 25.9. The molecule has 0 atom stereocenters. The molecule has 0 saturated heterocycles. The Bertz CT molecular complexity index is 2720. The van der Waals surface area contributed by atoms with Gasteiger partial charge in [-0.25, -0.2) is 4.98 Å².